The maximum Gasteiger partial charge on any atom is 0.326 e. The number of esters is 1. The first kappa shape index (κ1) is 19.6. The smallest absolute Gasteiger partial charge is 0.326 e. The van der Waals surface area contributed by atoms with E-state index in [2.05, 4.69) is 4.74 Å². The Morgan fingerprint density at radius 1 is 1.08 bits per heavy atom. The van der Waals surface area contributed by atoms with E-state index in [1.807, 2.05) is 13.0 Å². The minimum atomic E-state index is -4.05. The van der Waals surface area contributed by atoms with Crippen molar-refractivity contribution < 1.29 is 17.9 Å². The van der Waals surface area contributed by atoms with E-state index in [0.29, 0.717) is 11.3 Å². The molecule has 0 heterocycles. The van der Waals surface area contributed by atoms with Gasteiger partial charge in [-0.25, -0.2) is 8.42 Å². The minimum Gasteiger partial charge on any atom is -0.468 e. The van der Waals surface area contributed by atoms with Crippen LogP contribution in [0, 0.1) is 13.8 Å². The number of carbonyl (C=O) groups excluding carboxylic acids is 1. The van der Waals surface area contributed by atoms with Crippen molar-refractivity contribution in [3.63, 3.8) is 0 Å². The molecule has 0 aliphatic heterocycles. The van der Waals surface area contributed by atoms with E-state index in [9.17, 15) is 13.2 Å². The Morgan fingerprint density at radius 2 is 1.76 bits per heavy atom. The highest BCUT2D eigenvalue weighted by atomic mass is 35.5. The van der Waals surface area contributed by atoms with Crippen LogP contribution in [-0.2, 0) is 19.6 Å². The zero-order valence-electron chi connectivity index (χ0n) is 13.9. The number of nitrogens with zero attached hydrogens (tertiary/aromatic N) is 1. The molecular formula is C17H17Cl2NO4S. The van der Waals surface area contributed by atoms with E-state index < -0.39 is 22.5 Å². The molecule has 25 heavy (non-hydrogen) atoms. The Balaban J connectivity index is 2.63. The zero-order chi connectivity index (χ0) is 18.8. The molecule has 0 bridgehead atoms. The van der Waals surface area contributed by atoms with Gasteiger partial charge in [-0.15, -0.1) is 0 Å². The lowest BCUT2D eigenvalue weighted by Gasteiger charge is -2.25. The average Bonchev–Trinajstić information content (AvgIpc) is 2.57. The first-order valence-electron chi connectivity index (χ1n) is 7.28. The van der Waals surface area contributed by atoms with E-state index in [1.165, 1.54) is 25.3 Å². The second-order valence-electron chi connectivity index (χ2n) is 5.45. The summed E-state index contributed by atoms with van der Waals surface area (Å²) in [5.74, 6) is -0.676. The van der Waals surface area contributed by atoms with E-state index >= 15 is 0 Å². The number of ether oxygens (including phenoxy) is 1. The summed E-state index contributed by atoms with van der Waals surface area (Å²) >= 11 is 11.8. The van der Waals surface area contributed by atoms with Crippen molar-refractivity contribution in [3.05, 3.63) is 57.6 Å². The monoisotopic (exact) mass is 401 g/mol. The largest absolute Gasteiger partial charge is 0.468 e. The van der Waals surface area contributed by atoms with Crippen molar-refractivity contribution in [2.24, 2.45) is 0 Å². The molecule has 0 aliphatic rings. The molecule has 0 atom stereocenters. The van der Waals surface area contributed by atoms with Gasteiger partial charge in [0.2, 0.25) is 0 Å². The van der Waals surface area contributed by atoms with Gasteiger partial charge in [-0.2, -0.15) is 0 Å². The molecule has 8 heteroatoms. The van der Waals surface area contributed by atoms with Crippen molar-refractivity contribution in [2.75, 3.05) is 18.0 Å². The lowest BCUT2D eigenvalue weighted by atomic mass is 10.1. The number of anilines is 1. The molecule has 0 spiro atoms. The molecule has 0 saturated heterocycles. The van der Waals surface area contributed by atoms with Gasteiger partial charge in [0.15, 0.2) is 0 Å². The fourth-order valence-corrected chi connectivity index (χ4v) is 4.09. The Bertz CT molecular complexity index is 913. The van der Waals surface area contributed by atoms with Gasteiger partial charge in [0.1, 0.15) is 6.54 Å². The van der Waals surface area contributed by atoms with Crippen LogP contribution in [-0.4, -0.2) is 28.0 Å². The molecule has 0 aromatic heterocycles. The fourth-order valence-electron chi connectivity index (χ4n) is 2.23. The minimum absolute atomic E-state index is 0.0632. The number of rotatable bonds is 5. The lowest BCUT2D eigenvalue weighted by molar-refractivity contribution is -0.138. The van der Waals surface area contributed by atoms with E-state index in [0.717, 1.165) is 9.87 Å². The Kier molecular flexibility index (Phi) is 5.98. The SMILES string of the molecule is COC(=O)CN(c1cc(C)ccc1C)S(=O)(=O)c1ccc(Cl)c(Cl)c1. The molecule has 5 nitrogen and oxygen atoms in total. The third kappa shape index (κ3) is 4.26. The van der Waals surface area contributed by atoms with Crippen molar-refractivity contribution in [1.82, 2.24) is 0 Å². The van der Waals surface area contributed by atoms with Crippen molar-refractivity contribution in [2.45, 2.75) is 18.7 Å². The summed E-state index contributed by atoms with van der Waals surface area (Å²) in [6, 6.07) is 9.36. The molecule has 0 amide bonds. The molecule has 2 aromatic rings. The van der Waals surface area contributed by atoms with Crippen LogP contribution in [0.1, 0.15) is 11.1 Å². The van der Waals surface area contributed by atoms with Gasteiger partial charge in [-0.3, -0.25) is 9.10 Å². The summed E-state index contributed by atoms with van der Waals surface area (Å²) in [5, 5.41) is 0.355. The third-order valence-electron chi connectivity index (χ3n) is 3.61. The van der Waals surface area contributed by atoms with Crippen molar-refractivity contribution in [3.8, 4) is 0 Å². The normalized spacial score (nSPS) is 11.2. The van der Waals surface area contributed by atoms with E-state index in [1.54, 1.807) is 19.1 Å². The molecule has 0 saturated carbocycles. The molecule has 0 unspecified atom stereocenters. The number of sulfonamides is 1. The van der Waals surface area contributed by atoms with Crippen LogP contribution in [0.4, 0.5) is 5.69 Å². The molecule has 134 valence electrons. The number of hydrogen-bond donors (Lipinski definition) is 0. The number of hydrogen-bond acceptors (Lipinski definition) is 4. The maximum absolute atomic E-state index is 13.1. The molecule has 0 N–H and O–H groups in total. The molecule has 0 fully saturated rings. The summed E-state index contributed by atoms with van der Waals surface area (Å²) in [6.45, 7) is 3.15. The second kappa shape index (κ2) is 7.64. The van der Waals surface area contributed by atoms with Crippen LogP contribution in [0.25, 0.3) is 0 Å². The summed E-state index contributed by atoms with van der Waals surface area (Å²) in [4.78, 5) is 11.8. The van der Waals surface area contributed by atoms with Gasteiger partial charge in [-0.1, -0.05) is 35.3 Å². The molecule has 2 aromatic carbocycles. The van der Waals surface area contributed by atoms with Crippen molar-refractivity contribution >= 4 is 44.9 Å². The highest BCUT2D eigenvalue weighted by molar-refractivity contribution is 7.92. The zero-order valence-corrected chi connectivity index (χ0v) is 16.2. The number of aryl methyl sites for hydroxylation is 2. The molecule has 0 radical (unpaired) electrons. The Hall–Kier alpha value is -1.76. The fraction of sp³-hybridized carbons (Fsp3) is 0.235. The Labute approximate surface area is 157 Å². The van der Waals surface area contributed by atoms with E-state index in [-0.39, 0.29) is 14.9 Å². The summed E-state index contributed by atoms with van der Waals surface area (Å²) in [7, 11) is -2.84. The van der Waals surface area contributed by atoms with Gasteiger partial charge in [0.25, 0.3) is 10.0 Å². The highest BCUT2D eigenvalue weighted by Gasteiger charge is 2.29. The second-order valence-corrected chi connectivity index (χ2v) is 8.13. The number of halogens is 2. The van der Waals surface area contributed by atoms with Gasteiger partial charge in [0.05, 0.1) is 27.7 Å². The number of carbonyl (C=O) groups is 1. The highest BCUT2D eigenvalue weighted by Crippen LogP contribution is 2.31. The number of benzene rings is 2. The quantitative estimate of drug-likeness (QED) is 0.710. The first-order chi connectivity index (χ1) is 11.7. The molecule has 2 rings (SSSR count). The van der Waals surface area contributed by atoms with Crippen LogP contribution in [0.5, 0.6) is 0 Å². The average molecular weight is 402 g/mol. The predicted octanol–water partition coefficient (Wildman–Crippen LogP) is 3.98. The van der Waals surface area contributed by atoms with Crippen LogP contribution in [0.3, 0.4) is 0 Å². The lowest BCUT2D eigenvalue weighted by Crippen LogP contribution is -2.36. The number of methoxy groups -OCH3 is 1. The topological polar surface area (TPSA) is 63.7 Å². The maximum atomic E-state index is 13.1. The third-order valence-corrected chi connectivity index (χ3v) is 6.11. The van der Waals surface area contributed by atoms with Crippen LogP contribution >= 0.6 is 23.2 Å². The summed E-state index contributed by atoms with van der Waals surface area (Å²) in [6.07, 6.45) is 0. The summed E-state index contributed by atoms with van der Waals surface area (Å²) < 4.78 is 31.9. The van der Waals surface area contributed by atoms with Gasteiger partial charge in [-0.05, 0) is 49.2 Å². The van der Waals surface area contributed by atoms with Crippen LogP contribution < -0.4 is 4.31 Å². The summed E-state index contributed by atoms with van der Waals surface area (Å²) in [5.41, 5.74) is 1.97. The van der Waals surface area contributed by atoms with Crippen LogP contribution in [0.15, 0.2) is 41.3 Å². The first-order valence-corrected chi connectivity index (χ1v) is 9.48. The Morgan fingerprint density at radius 3 is 2.36 bits per heavy atom. The van der Waals surface area contributed by atoms with Gasteiger partial charge < -0.3 is 4.74 Å². The molecular weight excluding hydrogens is 385 g/mol. The standard InChI is InChI=1S/C17H17Cl2NO4S/c1-11-4-5-12(2)16(8-11)20(10-17(21)24-3)25(22,23)13-6-7-14(18)15(19)9-13/h4-9H,10H2,1-3H3. The van der Waals surface area contributed by atoms with Crippen LogP contribution in [0.2, 0.25) is 10.0 Å². The molecule has 0 aliphatic carbocycles. The van der Waals surface area contributed by atoms with E-state index in [4.69, 9.17) is 23.2 Å². The van der Waals surface area contributed by atoms with Crippen molar-refractivity contribution in [1.29, 1.82) is 0 Å². The van der Waals surface area contributed by atoms with Gasteiger partial charge in [0, 0.05) is 0 Å². The van der Waals surface area contributed by atoms with Gasteiger partial charge >= 0.3 is 5.97 Å². The predicted molar refractivity (Wildman–Crippen MR) is 98.9 cm³/mol.